The predicted octanol–water partition coefficient (Wildman–Crippen LogP) is -0.240. The first-order valence-electron chi connectivity index (χ1n) is 5.42. The quantitative estimate of drug-likeness (QED) is 0.671. The molecule has 1 atom stereocenters. The Kier molecular flexibility index (Phi) is 1.86. The van der Waals surface area contributed by atoms with E-state index in [2.05, 4.69) is 0 Å². The van der Waals surface area contributed by atoms with Crippen molar-refractivity contribution >= 4 is 11.8 Å². The Balaban J connectivity index is 2.16. The standard InChI is InChI=1S/C12H12N2O3/c1-13-7-12(17)9-5-3-2-4-8(9)11(16)14(12)6-10(13)15/h2-5,17H,6-7H2,1H3. The number of hydrogen-bond acceptors (Lipinski definition) is 3. The molecule has 1 fully saturated rings. The summed E-state index contributed by atoms with van der Waals surface area (Å²) in [4.78, 5) is 26.4. The highest BCUT2D eigenvalue weighted by molar-refractivity contribution is 6.02. The summed E-state index contributed by atoms with van der Waals surface area (Å²) in [5.41, 5.74) is -0.293. The first kappa shape index (κ1) is 10.3. The average Bonchev–Trinajstić information content (AvgIpc) is 2.52. The number of aliphatic hydroxyl groups is 1. The van der Waals surface area contributed by atoms with Crippen molar-refractivity contribution in [3.05, 3.63) is 35.4 Å². The number of piperazine rings is 1. The van der Waals surface area contributed by atoms with Gasteiger partial charge in [-0.05, 0) is 6.07 Å². The largest absolute Gasteiger partial charge is 0.365 e. The maximum absolute atomic E-state index is 12.1. The number of amides is 2. The zero-order chi connectivity index (χ0) is 12.2. The summed E-state index contributed by atoms with van der Waals surface area (Å²) in [7, 11) is 1.63. The number of likely N-dealkylation sites (N-methyl/N-ethyl adjacent to an activating group) is 1. The van der Waals surface area contributed by atoms with E-state index in [4.69, 9.17) is 0 Å². The van der Waals surface area contributed by atoms with E-state index >= 15 is 0 Å². The second kappa shape index (κ2) is 3.07. The molecule has 0 aromatic heterocycles. The molecule has 17 heavy (non-hydrogen) atoms. The highest BCUT2D eigenvalue weighted by Gasteiger charge is 2.52. The summed E-state index contributed by atoms with van der Waals surface area (Å²) in [5.74, 6) is -0.430. The van der Waals surface area contributed by atoms with Crippen molar-refractivity contribution in [3.8, 4) is 0 Å². The molecule has 2 heterocycles. The van der Waals surface area contributed by atoms with E-state index in [9.17, 15) is 14.7 Å². The number of benzene rings is 1. The number of carbonyl (C=O) groups excluding carboxylic acids is 2. The van der Waals surface area contributed by atoms with E-state index in [1.54, 1.807) is 31.3 Å². The lowest BCUT2D eigenvalue weighted by molar-refractivity contribution is -0.162. The van der Waals surface area contributed by atoms with E-state index in [0.29, 0.717) is 11.1 Å². The molecule has 2 amide bonds. The van der Waals surface area contributed by atoms with Gasteiger partial charge in [0.05, 0.1) is 6.54 Å². The number of hydrogen-bond donors (Lipinski definition) is 1. The van der Waals surface area contributed by atoms with E-state index in [0.717, 1.165) is 0 Å². The Morgan fingerprint density at radius 3 is 2.76 bits per heavy atom. The SMILES string of the molecule is CN1CC2(O)c3ccccc3C(=O)N2CC1=O. The van der Waals surface area contributed by atoms with Gasteiger partial charge in [0.15, 0.2) is 5.72 Å². The van der Waals surface area contributed by atoms with Gasteiger partial charge in [-0.15, -0.1) is 0 Å². The van der Waals surface area contributed by atoms with Gasteiger partial charge in [-0.3, -0.25) is 14.5 Å². The molecule has 1 saturated heterocycles. The van der Waals surface area contributed by atoms with Gasteiger partial charge in [0.2, 0.25) is 5.91 Å². The fraction of sp³-hybridized carbons (Fsp3) is 0.333. The van der Waals surface area contributed by atoms with Gasteiger partial charge in [0, 0.05) is 18.2 Å². The Bertz CT molecular complexity index is 528. The summed E-state index contributed by atoms with van der Waals surface area (Å²) in [6, 6.07) is 6.95. The summed E-state index contributed by atoms with van der Waals surface area (Å²) >= 11 is 0. The van der Waals surface area contributed by atoms with Crippen molar-refractivity contribution in [1.82, 2.24) is 9.80 Å². The summed E-state index contributed by atoms with van der Waals surface area (Å²) in [6.45, 7) is 0.0507. The van der Waals surface area contributed by atoms with Crippen LogP contribution in [0, 0.1) is 0 Å². The molecule has 1 aromatic carbocycles. The topological polar surface area (TPSA) is 60.9 Å². The Morgan fingerprint density at radius 2 is 2.00 bits per heavy atom. The minimum absolute atomic E-state index is 0.0689. The smallest absolute Gasteiger partial charge is 0.257 e. The minimum atomic E-state index is -1.36. The first-order chi connectivity index (χ1) is 8.04. The summed E-state index contributed by atoms with van der Waals surface area (Å²) in [6.07, 6.45) is 0. The van der Waals surface area contributed by atoms with Crippen molar-refractivity contribution in [2.24, 2.45) is 0 Å². The Labute approximate surface area is 98.2 Å². The molecule has 5 nitrogen and oxygen atoms in total. The molecule has 5 heteroatoms. The van der Waals surface area contributed by atoms with Gasteiger partial charge < -0.3 is 10.0 Å². The van der Waals surface area contributed by atoms with Gasteiger partial charge in [-0.2, -0.15) is 0 Å². The molecular formula is C12H12N2O3. The molecule has 0 saturated carbocycles. The number of rotatable bonds is 0. The third-order valence-electron chi connectivity index (χ3n) is 3.46. The van der Waals surface area contributed by atoms with Crippen molar-refractivity contribution < 1.29 is 14.7 Å². The molecule has 0 bridgehead atoms. The molecule has 2 aliphatic heterocycles. The van der Waals surface area contributed by atoms with Gasteiger partial charge in [-0.1, -0.05) is 18.2 Å². The van der Waals surface area contributed by atoms with Crippen LogP contribution in [0.15, 0.2) is 24.3 Å². The van der Waals surface area contributed by atoms with Crippen LogP contribution >= 0.6 is 0 Å². The van der Waals surface area contributed by atoms with Crippen LogP contribution in [-0.2, 0) is 10.5 Å². The van der Waals surface area contributed by atoms with Crippen LogP contribution in [0.4, 0.5) is 0 Å². The van der Waals surface area contributed by atoms with E-state index in [1.165, 1.54) is 9.80 Å². The van der Waals surface area contributed by atoms with Crippen molar-refractivity contribution in [3.63, 3.8) is 0 Å². The average molecular weight is 232 g/mol. The summed E-state index contributed by atoms with van der Waals surface area (Å²) in [5, 5.41) is 10.6. The molecule has 0 aliphatic carbocycles. The lowest BCUT2D eigenvalue weighted by Gasteiger charge is -2.41. The normalized spacial score (nSPS) is 27.2. The Morgan fingerprint density at radius 1 is 1.29 bits per heavy atom. The van der Waals surface area contributed by atoms with Crippen LogP contribution in [0.5, 0.6) is 0 Å². The van der Waals surface area contributed by atoms with Crippen LogP contribution in [0.3, 0.4) is 0 Å². The molecule has 1 unspecified atom stereocenters. The molecule has 88 valence electrons. The first-order valence-corrected chi connectivity index (χ1v) is 5.42. The third-order valence-corrected chi connectivity index (χ3v) is 3.46. The molecular weight excluding hydrogens is 220 g/mol. The molecule has 2 aliphatic rings. The van der Waals surface area contributed by atoms with Crippen LogP contribution in [0.2, 0.25) is 0 Å². The number of nitrogens with zero attached hydrogens (tertiary/aromatic N) is 2. The van der Waals surface area contributed by atoms with Crippen LogP contribution in [0.1, 0.15) is 15.9 Å². The summed E-state index contributed by atoms with van der Waals surface area (Å²) < 4.78 is 0. The van der Waals surface area contributed by atoms with E-state index < -0.39 is 5.72 Å². The molecule has 3 rings (SSSR count). The second-order valence-corrected chi connectivity index (χ2v) is 4.50. The molecule has 0 radical (unpaired) electrons. The lowest BCUT2D eigenvalue weighted by Crippen LogP contribution is -2.60. The molecule has 1 N–H and O–H groups in total. The highest BCUT2D eigenvalue weighted by atomic mass is 16.3. The molecule has 1 aromatic rings. The maximum Gasteiger partial charge on any atom is 0.257 e. The van der Waals surface area contributed by atoms with Gasteiger partial charge in [0.1, 0.15) is 6.54 Å². The third kappa shape index (κ3) is 1.17. The van der Waals surface area contributed by atoms with Gasteiger partial charge >= 0.3 is 0 Å². The monoisotopic (exact) mass is 232 g/mol. The van der Waals surface area contributed by atoms with Crippen LogP contribution in [-0.4, -0.2) is 46.9 Å². The maximum atomic E-state index is 12.1. The lowest BCUT2D eigenvalue weighted by atomic mass is 9.99. The van der Waals surface area contributed by atoms with Crippen molar-refractivity contribution in [2.75, 3.05) is 20.1 Å². The number of β-amino-alcohol motifs (C(OH)–C–C–N with tert-alkyl or cyclic N) is 1. The van der Waals surface area contributed by atoms with Gasteiger partial charge in [-0.25, -0.2) is 0 Å². The van der Waals surface area contributed by atoms with Crippen molar-refractivity contribution in [1.29, 1.82) is 0 Å². The van der Waals surface area contributed by atoms with E-state index in [1.807, 2.05) is 0 Å². The zero-order valence-electron chi connectivity index (χ0n) is 9.38. The van der Waals surface area contributed by atoms with Crippen LogP contribution < -0.4 is 0 Å². The molecule has 0 spiro atoms. The van der Waals surface area contributed by atoms with Crippen molar-refractivity contribution in [2.45, 2.75) is 5.72 Å². The number of fused-ring (bicyclic) bond motifs is 3. The van der Waals surface area contributed by atoms with E-state index in [-0.39, 0.29) is 24.9 Å². The second-order valence-electron chi connectivity index (χ2n) is 4.50. The zero-order valence-corrected chi connectivity index (χ0v) is 9.38. The predicted molar refractivity (Wildman–Crippen MR) is 59.0 cm³/mol. The fourth-order valence-corrected chi connectivity index (χ4v) is 2.53. The number of carbonyl (C=O) groups is 2. The highest BCUT2D eigenvalue weighted by Crippen LogP contribution is 2.39. The van der Waals surface area contributed by atoms with Crippen LogP contribution in [0.25, 0.3) is 0 Å². The Hall–Kier alpha value is -1.88. The fourth-order valence-electron chi connectivity index (χ4n) is 2.53. The minimum Gasteiger partial charge on any atom is -0.365 e. The van der Waals surface area contributed by atoms with Gasteiger partial charge in [0.25, 0.3) is 5.91 Å².